The smallest absolute Gasteiger partial charge is 0.0554 e. The molecule has 3 rings (SSSR count). The van der Waals surface area contributed by atoms with E-state index >= 15 is 0 Å². The van der Waals surface area contributed by atoms with Gasteiger partial charge in [0.15, 0.2) is 0 Å². The van der Waals surface area contributed by atoms with Crippen molar-refractivity contribution >= 4 is 11.9 Å². The average Bonchev–Trinajstić information content (AvgIpc) is 2.74. The van der Waals surface area contributed by atoms with E-state index < -0.39 is 0 Å². The first-order valence-electron chi connectivity index (χ1n) is 9.35. The van der Waals surface area contributed by atoms with Crippen LogP contribution in [-0.4, -0.2) is 23.1 Å². The molecular weight excluding hydrogens is 334 g/mol. The van der Waals surface area contributed by atoms with Crippen molar-refractivity contribution in [3.8, 4) is 0 Å². The molecule has 0 bridgehead atoms. The first-order chi connectivity index (χ1) is 12.8. The third-order valence-corrected chi connectivity index (χ3v) is 6.41. The van der Waals surface area contributed by atoms with E-state index in [0.29, 0.717) is 0 Å². The number of rotatable bonds is 8. The zero-order chi connectivity index (χ0) is 18.2. The Morgan fingerprint density at radius 3 is 1.27 bits per heavy atom. The lowest BCUT2D eigenvalue weighted by Crippen LogP contribution is -2.34. The van der Waals surface area contributed by atoms with Crippen molar-refractivity contribution in [2.75, 3.05) is 18.8 Å². The van der Waals surface area contributed by atoms with Crippen LogP contribution in [0.3, 0.4) is 0 Å². The predicted octanol–water partition coefficient (Wildman–Crippen LogP) is 6.01. The largest absolute Gasteiger partial charge is 0.251 e. The second-order valence-corrected chi connectivity index (χ2v) is 7.45. The molecule has 0 spiro atoms. The second kappa shape index (κ2) is 9.07. The van der Waals surface area contributed by atoms with E-state index in [1.54, 1.807) is 0 Å². The Labute approximate surface area is 162 Å². The third kappa shape index (κ3) is 3.87. The lowest BCUT2D eigenvalue weighted by molar-refractivity contribution is 0.520. The maximum atomic E-state index is 2.43. The van der Waals surface area contributed by atoms with E-state index in [4.69, 9.17) is 0 Å². The monoisotopic (exact) mass is 361 g/mol. The fraction of sp³-hybridized carbons (Fsp3) is 0.250. The van der Waals surface area contributed by atoms with E-state index in [-0.39, 0.29) is 5.41 Å². The summed E-state index contributed by atoms with van der Waals surface area (Å²) in [4.78, 5) is 0. The quantitative estimate of drug-likeness (QED) is 0.357. The van der Waals surface area contributed by atoms with Gasteiger partial charge < -0.3 is 0 Å². The Hall–Kier alpha value is -2.03. The molecule has 0 saturated heterocycles. The molecule has 2 heteroatoms. The number of hydrogen-bond donors (Lipinski definition) is 0. The van der Waals surface area contributed by atoms with E-state index in [2.05, 4.69) is 109 Å². The average molecular weight is 362 g/mol. The summed E-state index contributed by atoms with van der Waals surface area (Å²) in [5, 5.41) is 0. The van der Waals surface area contributed by atoms with Crippen LogP contribution >= 0.6 is 11.9 Å². The van der Waals surface area contributed by atoms with Crippen molar-refractivity contribution in [1.29, 1.82) is 0 Å². The van der Waals surface area contributed by atoms with Gasteiger partial charge in [0.1, 0.15) is 0 Å². The van der Waals surface area contributed by atoms with Crippen LogP contribution in [0.1, 0.15) is 30.5 Å². The Bertz CT molecular complexity index is 670. The molecule has 0 fully saturated rings. The van der Waals surface area contributed by atoms with E-state index in [1.807, 2.05) is 11.9 Å². The van der Waals surface area contributed by atoms with Gasteiger partial charge in [0.05, 0.1) is 5.41 Å². The Morgan fingerprint density at radius 2 is 0.962 bits per heavy atom. The van der Waals surface area contributed by atoms with Gasteiger partial charge in [-0.1, -0.05) is 117 Å². The standard InChI is InChI=1S/C24H27NS/c1-3-25(4-2)26-20-24(21-14-8-5-9-15-21,22-16-10-6-11-17-22)23-18-12-7-13-19-23/h5-19H,3-4,20H2,1-2H3. The minimum atomic E-state index is -0.170. The van der Waals surface area contributed by atoms with Gasteiger partial charge in [0, 0.05) is 18.8 Å². The number of hydrogen-bond acceptors (Lipinski definition) is 2. The third-order valence-electron chi connectivity index (χ3n) is 4.97. The highest BCUT2D eigenvalue weighted by Crippen LogP contribution is 2.42. The molecule has 0 amide bonds. The van der Waals surface area contributed by atoms with Crippen LogP contribution in [-0.2, 0) is 5.41 Å². The van der Waals surface area contributed by atoms with Gasteiger partial charge in [-0.2, -0.15) is 0 Å². The van der Waals surface area contributed by atoms with Crippen LogP contribution in [0.4, 0.5) is 0 Å². The molecule has 3 aromatic rings. The van der Waals surface area contributed by atoms with Crippen LogP contribution in [0, 0.1) is 0 Å². The normalized spacial score (nSPS) is 11.7. The molecular formula is C24H27NS. The molecule has 0 N–H and O–H groups in total. The van der Waals surface area contributed by atoms with Crippen molar-refractivity contribution in [2.24, 2.45) is 0 Å². The maximum Gasteiger partial charge on any atom is 0.0554 e. The summed E-state index contributed by atoms with van der Waals surface area (Å²) < 4.78 is 2.43. The van der Waals surface area contributed by atoms with Gasteiger partial charge in [-0.25, -0.2) is 0 Å². The first kappa shape index (κ1) is 18.8. The fourth-order valence-corrected chi connectivity index (χ4v) is 4.75. The lowest BCUT2D eigenvalue weighted by atomic mass is 9.71. The molecule has 0 saturated carbocycles. The molecule has 0 atom stereocenters. The molecule has 0 aliphatic carbocycles. The predicted molar refractivity (Wildman–Crippen MR) is 115 cm³/mol. The first-order valence-corrected chi connectivity index (χ1v) is 10.3. The molecule has 26 heavy (non-hydrogen) atoms. The molecule has 0 radical (unpaired) electrons. The van der Waals surface area contributed by atoms with Crippen molar-refractivity contribution in [2.45, 2.75) is 19.3 Å². The molecule has 1 nitrogen and oxygen atoms in total. The van der Waals surface area contributed by atoms with Crippen LogP contribution < -0.4 is 0 Å². The van der Waals surface area contributed by atoms with Crippen molar-refractivity contribution < 1.29 is 0 Å². The summed E-state index contributed by atoms with van der Waals surface area (Å²) in [5.41, 5.74) is 3.86. The van der Waals surface area contributed by atoms with Crippen LogP contribution in [0.5, 0.6) is 0 Å². The van der Waals surface area contributed by atoms with E-state index in [0.717, 1.165) is 18.8 Å². The zero-order valence-electron chi connectivity index (χ0n) is 15.6. The van der Waals surface area contributed by atoms with Gasteiger partial charge in [-0.15, -0.1) is 0 Å². The van der Waals surface area contributed by atoms with Crippen LogP contribution in [0.2, 0.25) is 0 Å². The minimum absolute atomic E-state index is 0.170. The van der Waals surface area contributed by atoms with Crippen molar-refractivity contribution in [3.63, 3.8) is 0 Å². The highest BCUT2D eigenvalue weighted by molar-refractivity contribution is 7.97. The summed E-state index contributed by atoms with van der Waals surface area (Å²) in [6, 6.07) is 32.8. The molecule has 3 aromatic carbocycles. The number of nitrogens with zero attached hydrogens (tertiary/aromatic N) is 1. The van der Waals surface area contributed by atoms with E-state index in [1.165, 1.54) is 16.7 Å². The summed E-state index contributed by atoms with van der Waals surface area (Å²) in [6.07, 6.45) is 0. The molecule has 134 valence electrons. The fourth-order valence-electron chi connectivity index (χ4n) is 3.51. The summed E-state index contributed by atoms with van der Waals surface area (Å²) in [7, 11) is 0. The SMILES string of the molecule is CCN(CC)SCC(c1ccccc1)(c1ccccc1)c1ccccc1. The Morgan fingerprint density at radius 1 is 0.615 bits per heavy atom. The van der Waals surface area contributed by atoms with Crippen molar-refractivity contribution in [3.05, 3.63) is 108 Å². The maximum absolute atomic E-state index is 2.43. The summed E-state index contributed by atoms with van der Waals surface area (Å²) in [5.74, 6) is 0.979. The highest BCUT2D eigenvalue weighted by atomic mass is 32.2. The zero-order valence-corrected chi connectivity index (χ0v) is 16.5. The molecule has 0 aromatic heterocycles. The van der Waals surface area contributed by atoms with Gasteiger partial charge in [-0.05, 0) is 16.7 Å². The molecule has 0 unspecified atom stereocenters. The molecule has 0 aliphatic heterocycles. The Kier molecular flexibility index (Phi) is 6.54. The minimum Gasteiger partial charge on any atom is -0.251 e. The summed E-state index contributed by atoms with van der Waals surface area (Å²) >= 11 is 1.95. The van der Waals surface area contributed by atoms with Crippen molar-refractivity contribution in [1.82, 2.24) is 4.31 Å². The highest BCUT2D eigenvalue weighted by Gasteiger charge is 2.36. The van der Waals surface area contributed by atoms with Gasteiger partial charge >= 0.3 is 0 Å². The van der Waals surface area contributed by atoms with Gasteiger partial charge in [0.25, 0.3) is 0 Å². The number of benzene rings is 3. The topological polar surface area (TPSA) is 3.24 Å². The lowest BCUT2D eigenvalue weighted by Gasteiger charge is -2.37. The molecule has 0 aliphatic rings. The van der Waals surface area contributed by atoms with Crippen LogP contribution in [0.15, 0.2) is 91.0 Å². The van der Waals surface area contributed by atoms with Gasteiger partial charge in [-0.3, -0.25) is 4.31 Å². The Balaban J connectivity index is 2.18. The van der Waals surface area contributed by atoms with E-state index in [9.17, 15) is 0 Å². The second-order valence-electron chi connectivity index (χ2n) is 6.39. The summed E-state index contributed by atoms with van der Waals surface area (Å²) in [6.45, 7) is 6.56. The van der Waals surface area contributed by atoms with Gasteiger partial charge in [0.2, 0.25) is 0 Å². The van der Waals surface area contributed by atoms with Crippen LogP contribution in [0.25, 0.3) is 0 Å². The molecule has 0 heterocycles.